The number of nitrogens with one attached hydrogen (secondary N) is 1. The Morgan fingerprint density at radius 2 is 1.82 bits per heavy atom. The van der Waals surface area contributed by atoms with Gasteiger partial charge in [-0.3, -0.25) is 9.69 Å². The van der Waals surface area contributed by atoms with Gasteiger partial charge in [0.05, 0.1) is 36.6 Å². The highest BCUT2D eigenvalue weighted by Gasteiger charge is 2.37. The quantitative estimate of drug-likeness (QED) is 0.315. The van der Waals surface area contributed by atoms with Gasteiger partial charge in [0.1, 0.15) is 17.6 Å². The fourth-order valence-corrected chi connectivity index (χ4v) is 6.42. The van der Waals surface area contributed by atoms with Crippen LogP contribution in [0.25, 0.3) is 16.6 Å². The summed E-state index contributed by atoms with van der Waals surface area (Å²) in [5, 5.41) is 17.5. The van der Waals surface area contributed by atoms with Gasteiger partial charge in [0.2, 0.25) is 5.91 Å². The maximum absolute atomic E-state index is 13.3. The van der Waals surface area contributed by atoms with E-state index in [1.54, 1.807) is 16.9 Å². The number of nitrogens with zero attached hydrogens (tertiary/aromatic N) is 7. The number of amides is 1. The van der Waals surface area contributed by atoms with E-state index in [4.69, 9.17) is 9.72 Å². The Bertz CT molecular complexity index is 1610. The summed E-state index contributed by atoms with van der Waals surface area (Å²) in [7, 11) is 2.13. The predicted octanol–water partition coefficient (Wildman–Crippen LogP) is 3.61. The maximum Gasteiger partial charge on any atom is 0.234 e. The van der Waals surface area contributed by atoms with Gasteiger partial charge < -0.3 is 19.9 Å². The van der Waals surface area contributed by atoms with Crippen LogP contribution in [0.5, 0.6) is 5.75 Å². The largest absolute Gasteiger partial charge is 0.492 e. The number of aromatic nitrogens is 3. The van der Waals surface area contributed by atoms with E-state index >= 15 is 0 Å². The Hall–Kier alpha value is -4.46. The third kappa shape index (κ3) is 6.54. The molecule has 5 heterocycles. The number of carbonyl (C=O) groups excluding carboxylic acids is 1. The van der Waals surface area contributed by atoms with Gasteiger partial charge >= 0.3 is 0 Å². The Balaban J connectivity index is 1.18. The molecule has 44 heavy (non-hydrogen) atoms. The summed E-state index contributed by atoms with van der Waals surface area (Å²) in [6, 6.07) is 18.7. The molecule has 2 fully saturated rings. The molecule has 0 aliphatic carbocycles. The normalized spacial score (nSPS) is 17.3. The predicted molar refractivity (Wildman–Crippen MR) is 171 cm³/mol. The Morgan fingerprint density at radius 1 is 1.05 bits per heavy atom. The van der Waals surface area contributed by atoms with Gasteiger partial charge in [-0.1, -0.05) is 30.3 Å². The number of likely N-dealkylation sites (N-methyl/N-ethyl adjacent to an activating group) is 1. The van der Waals surface area contributed by atoms with Crippen molar-refractivity contribution < 1.29 is 9.53 Å². The number of anilines is 1. The number of hydrogen-bond acceptors (Lipinski definition) is 8. The van der Waals surface area contributed by atoms with E-state index in [9.17, 15) is 10.1 Å². The SMILES string of the molecule is CCOc1cc(-c2ccc(N3CCC(Cc4ccccc4)(NC(=O)CN4CCN(C)CC4)CC3)nc2)c2c(C#N)cnn2c1. The second-order valence-corrected chi connectivity index (χ2v) is 11.9. The molecule has 3 aromatic heterocycles. The van der Waals surface area contributed by atoms with Crippen molar-refractivity contribution in [2.75, 3.05) is 64.4 Å². The molecule has 0 atom stereocenters. The number of benzene rings is 1. The first-order valence-corrected chi connectivity index (χ1v) is 15.5. The van der Waals surface area contributed by atoms with E-state index < -0.39 is 0 Å². The number of carbonyl (C=O) groups is 1. The Labute approximate surface area is 258 Å². The van der Waals surface area contributed by atoms with Crippen LogP contribution >= 0.6 is 0 Å². The van der Waals surface area contributed by atoms with E-state index in [1.165, 1.54) is 5.56 Å². The molecule has 10 nitrogen and oxygen atoms in total. The fourth-order valence-electron chi connectivity index (χ4n) is 6.42. The van der Waals surface area contributed by atoms with Gasteiger partial charge in [0.15, 0.2) is 0 Å². The van der Waals surface area contributed by atoms with E-state index in [0.717, 1.165) is 81.0 Å². The molecule has 10 heteroatoms. The number of piperidine rings is 1. The molecule has 6 rings (SSSR count). The van der Waals surface area contributed by atoms with Crippen LogP contribution in [-0.4, -0.2) is 95.3 Å². The number of pyridine rings is 2. The van der Waals surface area contributed by atoms with Crippen LogP contribution in [0, 0.1) is 11.3 Å². The van der Waals surface area contributed by atoms with Crippen LogP contribution in [0.1, 0.15) is 30.9 Å². The van der Waals surface area contributed by atoms with Crippen LogP contribution in [0.4, 0.5) is 5.82 Å². The van der Waals surface area contributed by atoms with Crippen molar-refractivity contribution in [1.82, 2.24) is 29.7 Å². The van der Waals surface area contributed by atoms with Crippen LogP contribution in [0.3, 0.4) is 0 Å². The summed E-state index contributed by atoms with van der Waals surface area (Å²) in [5.41, 5.74) is 3.92. The van der Waals surface area contributed by atoms with Crippen LogP contribution in [0.2, 0.25) is 0 Å². The molecule has 1 N–H and O–H groups in total. The third-order valence-electron chi connectivity index (χ3n) is 8.87. The van der Waals surface area contributed by atoms with Crippen molar-refractivity contribution in [3.63, 3.8) is 0 Å². The van der Waals surface area contributed by atoms with E-state index in [2.05, 4.69) is 62.5 Å². The minimum atomic E-state index is -0.303. The average Bonchev–Trinajstić information content (AvgIpc) is 3.46. The van der Waals surface area contributed by atoms with Crippen molar-refractivity contribution in [3.8, 4) is 22.9 Å². The van der Waals surface area contributed by atoms with Crippen LogP contribution < -0.4 is 15.0 Å². The molecule has 2 aliphatic heterocycles. The molecule has 2 saturated heterocycles. The molecule has 0 radical (unpaired) electrons. The summed E-state index contributed by atoms with van der Waals surface area (Å²) >= 11 is 0. The summed E-state index contributed by atoms with van der Waals surface area (Å²) in [6.45, 7) is 8.33. The smallest absolute Gasteiger partial charge is 0.234 e. The minimum absolute atomic E-state index is 0.110. The monoisotopic (exact) mass is 592 g/mol. The average molecular weight is 593 g/mol. The maximum atomic E-state index is 13.3. The number of rotatable bonds is 9. The second kappa shape index (κ2) is 13.0. The lowest BCUT2D eigenvalue weighted by Gasteiger charge is -2.43. The molecule has 4 aromatic rings. The number of nitriles is 1. The molecule has 0 unspecified atom stereocenters. The standard InChI is InChI=1S/C34H40N8O2/c1-3-44-29-19-30(33-28(21-35)23-37-42(33)24-29)27-9-10-31(36-22-27)41-13-11-34(12-14-41,20-26-7-5-4-6-8-26)38-32(43)25-40-17-15-39(2)16-18-40/h4-10,19,22-24H,3,11-18,20,25H2,1-2H3,(H,38,43). The second-order valence-electron chi connectivity index (χ2n) is 11.9. The molecule has 2 aliphatic rings. The van der Waals surface area contributed by atoms with Crippen molar-refractivity contribution in [1.29, 1.82) is 5.26 Å². The van der Waals surface area contributed by atoms with Gasteiger partial charge in [-0.15, -0.1) is 0 Å². The van der Waals surface area contributed by atoms with E-state index in [1.807, 2.05) is 37.4 Å². The zero-order valence-corrected chi connectivity index (χ0v) is 25.6. The van der Waals surface area contributed by atoms with Gasteiger partial charge in [-0.2, -0.15) is 10.4 Å². The highest BCUT2D eigenvalue weighted by molar-refractivity contribution is 5.85. The molecule has 0 spiro atoms. The highest BCUT2D eigenvalue weighted by Crippen LogP contribution is 2.33. The van der Waals surface area contributed by atoms with E-state index in [-0.39, 0.29) is 11.4 Å². The van der Waals surface area contributed by atoms with Gasteiger partial charge in [0, 0.05) is 62.1 Å². The van der Waals surface area contributed by atoms with Crippen molar-refractivity contribution in [3.05, 3.63) is 78.2 Å². The zero-order chi connectivity index (χ0) is 30.5. The number of fused-ring (bicyclic) bond motifs is 1. The van der Waals surface area contributed by atoms with Crippen molar-refractivity contribution in [2.45, 2.75) is 31.7 Å². The lowest BCUT2D eigenvalue weighted by Crippen LogP contribution is -2.59. The van der Waals surface area contributed by atoms with Crippen LogP contribution in [-0.2, 0) is 11.2 Å². The summed E-state index contributed by atoms with van der Waals surface area (Å²) in [6.07, 6.45) is 7.70. The van der Waals surface area contributed by atoms with Crippen LogP contribution in [0.15, 0.2) is 67.1 Å². The molecule has 1 aromatic carbocycles. The van der Waals surface area contributed by atoms with E-state index in [0.29, 0.717) is 24.5 Å². The first-order valence-electron chi connectivity index (χ1n) is 15.5. The highest BCUT2D eigenvalue weighted by atomic mass is 16.5. The molecular formula is C34H40N8O2. The molecule has 228 valence electrons. The summed E-state index contributed by atoms with van der Waals surface area (Å²) in [5.74, 6) is 1.70. The first-order chi connectivity index (χ1) is 21.4. The molecule has 0 bridgehead atoms. The first kappa shape index (κ1) is 29.6. The molecular weight excluding hydrogens is 552 g/mol. The minimum Gasteiger partial charge on any atom is -0.492 e. The van der Waals surface area contributed by atoms with Crippen molar-refractivity contribution >= 4 is 17.2 Å². The summed E-state index contributed by atoms with van der Waals surface area (Å²) in [4.78, 5) is 25.1. The van der Waals surface area contributed by atoms with Crippen molar-refractivity contribution in [2.24, 2.45) is 0 Å². The zero-order valence-electron chi connectivity index (χ0n) is 25.6. The summed E-state index contributed by atoms with van der Waals surface area (Å²) < 4.78 is 7.46. The number of ether oxygens (including phenoxy) is 1. The number of piperazine rings is 1. The topological polar surface area (TPSA) is 102 Å². The van der Waals surface area contributed by atoms with Gasteiger partial charge in [-0.25, -0.2) is 9.50 Å². The van der Waals surface area contributed by atoms with Gasteiger partial charge in [-0.05, 0) is 57.0 Å². The lowest BCUT2D eigenvalue weighted by atomic mass is 9.81. The lowest BCUT2D eigenvalue weighted by molar-refractivity contribution is -0.124. The molecule has 1 amide bonds. The fraction of sp³-hybridized carbons (Fsp3) is 0.412. The third-order valence-corrected chi connectivity index (χ3v) is 8.87. The number of hydrogen-bond donors (Lipinski definition) is 1. The Morgan fingerprint density at radius 3 is 2.50 bits per heavy atom. The molecule has 0 saturated carbocycles. The van der Waals surface area contributed by atoms with Gasteiger partial charge in [0.25, 0.3) is 0 Å². The Kier molecular flexibility index (Phi) is 8.77.